The smallest absolute Gasteiger partial charge is 0.416 e. The predicted molar refractivity (Wildman–Crippen MR) is 112 cm³/mol. The minimum absolute atomic E-state index is 0.0927. The molecule has 0 saturated carbocycles. The highest BCUT2D eigenvalue weighted by Gasteiger charge is 2.38. The van der Waals surface area contributed by atoms with Crippen LogP contribution in [0.4, 0.5) is 23.7 Å². The average Bonchev–Trinajstić information content (AvgIpc) is 2.78. The molecule has 4 rings (SSSR count). The lowest BCUT2D eigenvalue weighted by atomic mass is 10.0. The van der Waals surface area contributed by atoms with E-state index in [1.165, 1.54) is 10.4 Å². The van der Waals surface area contributed by atoms with E-state index in [-0.39, 0.29) is 30.6 Å². The van der Waals surface area contributed by atoms with E-state index in [9.17, 15) is 26.4 Å². The number of amides is 1. The van der Waals surface area contributed by atoms with Crippen LogP contribution in [-0.2, 0) is 34.0 Å². The van der Waals surface area contributed by atoms with Gasteiger partial charge in [-0.25, -0.2) is 13.2 Å². The number of aryl methyl sites for hydroxylation is 1. The number of rotatable bonds is 4. The summed E-state index contributed by atoms with van der Waals surface area (Å²) in [6.45, 7) is 2.42. The topological polar surface area (TPSA) is 66.9 Å². The summed E-state index contributed by atoms with van der Waals surface area (Å²) in [5, 5.41) is 0. The zero-order chi connectivity index (χ0) is 23.1. The van der Waals surface area contributed by atoms with Gasteiger partial charge < -0.3 is 4.74 Å². The normalized spacial score (nSPS) is 18.4. The zero-order valence-corrected chi connectivity index (χ0v) is 18.2. The first-order valence-corrected chi connectivity index (χ1v) is 11.8. The van der Waals surface area contributed by atoms with Gasteiger partial charge >= 0.3 is 12.3 Å². The van der Waals surface area contributed by atoms with Gasteiger partial charge in [-0.3, -0.25) is 4.90 Å². The number of sulfonamides is 1. The van der Waals surface area contributed by atoms with Gasteiger partial charge in [0, 0.05) is 24.7 Å². The van der Waals surface area contributed by atoms with Crippen LogP contribution in [0.3, 0.4) is 0 Å². The third-order valence-electron chi connectivity index (χ3n) is 5.95. The van der Waals surface area contributed by atoms with E-state index in [0.29, 0.717) is 18.9 Å². The number of halogens is 3. The molecule has 0 aliphatic carbocycles. The molecule has 2 heterocycles. The number of ether oxygens (including phenoxy) is 1. The van der Waals surface area contributed by atoms with Crippen LogP contribution >= 0.6 is 0 Å². The highest BCUT2D eigenvalue weighted by molar-refractivity contribution is 7.89. The van der Waals surface area contributed by atoms with Crippen molar-refractivity contribution >= 4 is 21.8 Å². The highest BCUT2D eigenvalue weighted by atomic mass is 32.2. The van der Waals surface area contributed by atoms with Gasteiger partial charge in [-0.1, -0.05) is 25.1 Å². The number of nitrogens with zero attached hydrogens (tertiary/aromatic N) is 2. The summed E-state index contributed by atoms with van der Waals surface area (Å²) in [5.74, 6) is 0. The molecule has 0 unspecified atom stereocenters. The summed E-state index contributed by atoms with van der Waals surface area (Å²) >= 11 is 0. The Balaban J connectivity index is 1.52. The van der Waals surface area contributed by atoms with E-state index in [1.54, 1.807) is 4.90 Å². The molecule has 2 aliphatic rings. The molecule has 2 aromatic carbocycles. The van der Waals surface area contributed by atoms with Crippen LogP contribution in [0, 0.1) is 0 Å². The van der Waals surface area contributed by atoms with Gasteiger partial charge in [0.15, 0.2) is 0 Å². The summed E-state index contributed by atoms with van der Waals surface area (Å²) in [4.78, 5) is 13.7. The molecule has 0 N–H and O–H groups in total. The fourth-order valence-corrected chi connectivity index (χ4v) is 5.70. The lowest BCUT2D eigenvalue weighted by Crippen LogP contribution is -2.50. The van der Waals surface area contributed by atoms with E-state index in [4.69, 9.17) is 4.74 Å². The molecular weight excluding hydrogens is 445 g/mol. The first kappa shape index (κ1) is 22.6. The van der Waals surface area contributed by atoms with Gasteiger partial charge in [0.1, 0.15) is 6.61 Å². The number of alkyl halides is 3. The maximum atomic E-state index is 13.0. The molecule has 2 aromatic rings. The summed E-state index contributed by atoms with van der Waals surface area (Å²) < 4.78 is 71.4. The predicted octanol–water partition coefficient (Wildman–Crippen LogP) is 4.58. The van der Waals surface area contributed by atoms with Crippen molar-refractivity contribution in [3.05, 3.63) is 59.2 Å². The Morgan fingerprint density at radius 2 is 1.81 bits per heavy atom. The fraction of sp³-hybridized carbons (Fsp3) is 0.409. The summed E-state index contributed by atoms with van der Waals surface area (Å²) in [7, 11) is -4.08. The van der Waals surface area contributed by atoms with Crippen LogP contribution in [0.5, 0.6) is 0 Å². The first-order chi connectivity index (χ1) is 15.1. The average molecular weight is 468 g/mol. The lowest BCUT2D eigenvalue weighted by molar-refractivity contribution is -0.137. The molecule has 1 fully saturated rings. The molecule has 6 nitrogen and oxygen atoms in total. The minimum atomic E-state index is -4.63. The Morgan fingerprint density at radius 1 is 1.09 bits per heavy atom. The largest absolute Gasteiger partial charge is 0.444 e. The highest BCUT2D eigenvalue weighted by Crippen LogP contribution is 2.35. The second-order valence-corrected chi connectivity index (χ2v) is 9.84. The van der Waals surface area contributed by atoms with E-state index in [0.717, 1.165) is 35.4 Å². The number of carbonyl (C=O) groups excluding carboxylic acids is 1. The van der Waals surface area contributed by atoms with E-state index >= 15 is 0 Å². The molecule has 1 amide bonds. The molecule has 32 heavy (non-hydrogen) atoms. The Morgan fingerprint density at radius 3 is 2.47 bits per heavy atom. The first-order valence-electron chi connectivity index (χ1n) is 10.4. The van der Waals surface area contributed by atoms with E-state index in [1.807, 2.05) is 25.1 Å². The van der Waals surface area contributed by atoms with Crippen LogP contribution < -0.4 is 4.90 Å². The summed E-state index contributed by atoms with van der Waals surface area (Å²) in [6, 6.07) is 9.34. The van der Waals surface area contributed by atoms with Crippen molar-refractivity contribution in [3.8, 4) is 0 Å². The Kier molecular flexibility index (Phi) is 5.93. The van der Waals surface area contributed by atoms with Gasteiger partial charge in [-0.15, -0.1) is 0 Å². The molecule has 0 spiro atoms. The van der Waals surface area contributed by atoms with Crippen molar-refractivity contribution in [1.29, 1.82) is 0 Å². The lowest BCUT2D eigenvalue weighted by Gasteiger charge is -2.40. The quantitative estimate of drug-likeness (QED) is 0.659. The number of anilines is 1. The molecule has 1 saturated heterocycles. The zero-order valence-electron chi connectivity index (χ0n) is 17.4. The van der Waals surface area contributed by atoms with Crippen molar-refractivity contribution in [2.24, 2.45) is 0 Å². The summed E-state index contributed by atoms with van der Waals surface area (Å²) in [6.07, 6.45) is -3.55. The second kappa shape index (κ2) is 8.40. The van der Waals surface area contributed by atoms with Gasteiger partial charge in [0.2, 0.25) is 10.0 Å². The Hall–Kier alpha value is -2.59. The molecule has 2 aliphatic heterocycles. The molecule has 0 aromatic heterocycles. The van der Waals surface area contributed by atoms with Gasteiger partial charge in [0.05, 0.1) is 16.1 Å². The SMILES string of the molecule is CCc1ccc2c(c1)COC(=O)N2C1CCN(S(=O)(=O)c2cccc(C(F)(F)F)c2)CC1. The Labute approximate surface area is 184 Å². The molecular formula is C22H23F3N2O4S. The number of carbonyl (C=O) groups is 1. The number of benzene rings is 2. The van der Waals surface area contributed by atoms with Crippen LogP contribution in [0.1, 0.15) is 36.5 Å². The fourth-order valence-electron chi connectivity index (χ4n) is 4.19. The van der Waals surface area contributed by atoms with Gasteiger partial charge in [0.25, 0.3) is 0 Å². The van der Waals surface area contributed by atoms with Gasteiger partial charge in [-0.05, 0) is 49.1 Å². The monoisotopic (exact) mass is 468 g/mol. The number of fused-ring (bicyclic) bond motifs is 1. The van der Waals surface area contributed by atoms with Crippen molar-refractivity contribution in [3.63, 3.8) is 0 Å². The summed E-state index contributed by atoms with van der Waals surface area (Å²) in [5.41, 5.74) is 1.79. The van der Waals surface area contributed by atoms with E-state index < -0.39 is 27.9 Å². The molecule has 172 valence electrons. The number of hydrogen-bond acceptors (Lipinski definition) is 4. The number of piperidine rings is 1. The maximum absolute atomic E-state index is 13.0. The van der Waals surface area contributed by atoms with Crippen LogP contribution in [0.2, 0.25) is 0 Å². The standard InChI is InChI=1S/C22H23F3N2O4S/c1-2-15-6-7-20-16(12-15)14-31-21(28)27(20)18-8-10-26(11-9-18)32(29,30)19-5-3-4-17(13-19)22(23,24)25/h3-7,12-13,18H,2,8-11,14H2,1H3. The molecule has 0 atom stereocenters. The van der Waals surface area contributed by atoms with Crippen molar-refractivity contribution < 1.29 is 31.1 Å². The van der Waals surface area contributed by atoms with Crippen molar-refractivity contribution in [2.45, 2.75) is 49.9 Å². The van der Waals surface area contributed by atoms with Gasteiger partial charge in [-0.2, -0.15) is 17.5 Å². The van der Waals surface area contributed by atoms with Crippen molar-refractivity contribution in [2.75, 3.05) is 18.0 Å². The second-order valence-electron chi connectivity index (χ2n) is 7.90. The number of hydrogen-bond donors (Lipinski definition) is 0. The van der Waals surface area contributed by atoms with Crippen molar-refractivity contribution in [1.82, 2.24) is 4.31 Å². The van der Waals surface area contributed by atoms with E-state index in [2.05, 4.69) is 0 Å². The minimum Gasteiger partial charge on any atom is -0.444 e. The van der Waals surface area contributed by atoms with Crippen LogP contribution in [-0.4, -0.2) is 37.9 Å². The molecule has 10 heteroatoms. The molecule has 0 bridgehead atoms. The third-order valence-corrected chi connectivity index (χ3v) is 7.84. The number of cyclic esters (lactones) is 1. The van der Waals surface area contributed by atoms with Crippen LogP contribution in [0.15, 0.2) is 47.4 Å². The molecule has 0 radical (unpaired) electrons. The maximum Gasteiger partial charge on any atom is 0.416 e. The Bertz CT molecular complexity index is 1130. The third kappa shape index (κ3) is 4.21. The van der Waals surface area contributed by atoms with Crippen LogP contribution in [0.25, 0.3) is 0 Å².